The van der Waals surface area contributed by atoms with E-state index in [1.54, 1.807) is 4.68 Å². The Morgan fingerprint density at radius 2 is 1.71 bits per heavy atom. The van der Waals surface area contributed by atoms with Gasteiger partial charge in [0, 0.05) is 55.9 Å². The highest BCUT2D eigenvalue weighted by Crippen LogP contribution is 2.22. The molecule has 0 radical (unpaired) electrons. The lowest BCUT2D eigenvalue weighted by molar-refractivity contribution is 0.0360. The molecule has 0 atom stereocenters. The van der Waals surface area contributed by atoms with Gasteiger partial charge in [0.1, 0.15) is 5.82 Å². The molecule has 2 saturated heterocycles. The second kappa shape index (κ2) is 10.4. The first-order valence-electron chi connectivity index (χ1n) is 11.8. The zero-order valence-electron chi connectivity index (χ0n) is 19.7. The van der Waals surface area contributed by atoms with Crippen LogP contribution >= 0.6 is 0 Å². The van der Waals surface area contributed by atoms with Gasteiger partial charge in [-0.15, -0.1) is 5.10 Å². The molecule has 2 aromatic heterocycles. The Bertz CT molecular complexity index is 1090. The van der Waals surface area contributed by atoms with E-state index < -0.39 is 0 Å². The third-order valence-electron chi connectivity index (χ3n) is 6.24. The number of benzene rings is 1. The summed E-state index contributed by atoms with van der Waals surface area (Å²) >= 11 is 0. The summed E-state index contributed by atoms with van der Waals surface area (Å²) in [5.41, 5.74) is 3.81. The number of ether oxygens (including phenoxy) is 2. The first kappa shape index (κ1) is 22.6. The summed E-state index contributed by atoms with van der Waals surface area (Å²) in [4.78, 5) is 9.30. The van der Waals surface area contributed by atoms with Crippen LogP contribution in [0.3, 0.4) is 0 Å². The zero-order chi connectivity index (χ0) is 23.3. The minimum Gasteiger partial charge on any atom is -0.379 e. The molecule has 1 N–H and O–H groups in total. The molecule has 10 heteroatoms. The van der Waals surface area contributed by atoms with Crippen LogP contribution in [0.25, 0.3) is 5.70 Å². The van der Waals surface area contributed by atoms with Crippen molar-refractivity contribution < 1.29 is 9.47 Å². The predicted molar refractivity (Wildman–Crippen MR) is 131 cm³/mol. The van der Waals surface area contributed by atoms with Gasteiger partial charge in [0.15, 0.2) is 0 Å². The number of nitrogens with zero attached hydrogens (tertiary/aromatic N) is 7. The van der Waals surface area contributed by atoms with Gasteiger partial charge in [0.05, 0.1) is 44.9 Å². The maximum Gasteiger partial charge on any atom is 0.247 e. The fraction of sp³-hybridized carbons (Fsp3) is 0.458. The van der Waals surface area contributed by atoms with Crippen molar-refractivity contribution in [2.75, 3.05) is 69.4 Å². The van der Waals surface area contributed by atoms with E-state index in [0.29, 0.717) is 5.95 Å². The quantitative estimate of drug-likeness (QED) is 0.543. The summed E-state index contributed by atoms with van der Waals surface area (Å²) in [6, 6.07) is 8.33. The van der Waals surface area contributed by atoms with Gasteiger partial charge in [-0.3, -0.25) is 9.58 Å². The Balaban J connectivity index is 1.20. The fourth-order valence-corrected chi connectivity index (χ4v) is 4.23. The van der Waals surface area contributed by atoms with E-state index in [1.807, 2.05) is 36.1 Å². The third-order valence-corrected chi connectivity index (χ3v) is 6.24. The molecule has 0 bridgehead atoms. The molecule has 0 aliphatic carbocycles. The van der Waals surface area contributed by atoms with Crippen molar-refractivity contribution in [3.05, 3.63) is 54.6 Å². The summed E-state index contributed by atoms with van der Waals surface area (Å²) in [6.07, 6.45) is 3.85. The lowest BCUT2D eigenvalue weighted by Gasteiger charge is -2.28. The highest BCUT2D eigenvalue weighted by Gasteiger charge is 2.15. The Hall–Kier alpha value is -3.21. The molecular weight excluding hydrogens is 432 g/mol. The smallest absolute Gasteiger partial charge is 0.247 e. The van der Waals surface area contributed by atoms with Crippen molar-refractivity contribution in [2.45, 2.75) is 13.5 Å². The lowest BCUT2D eigenvalue weighted by atomic mass is 10.2. The summed E-state index contributed by atoms with van der Waals surface area (Å²) in [6.45, 7) is 14.9. The zero-order valence-corrected chi connectivity index (χ0v) is 19.7. The SMILES string of the molecule is C=C(c1cnn(CCN2CCOCC2)c1)n1nc(Nc2ccc(N3CCOCC3)cc2)nc1C. The second-order valence-corrected chi connectivity index (χ2v) is 8.56. The summed E-state index contributed by atoms with van der Waals surface area (Å²) < 4.78 is 14.6. The number of morpholine rings is 2. The molecule has 5 rings (SSSR count). The van der Waals surface area contributed by atoms with Crippen molar-refractivity contribution >= 4 is 23.0 Å². The van der Waals surface area contributed by atoms with Crippen molar-refractivity contribution in [3.8, 4) is 0 Å². The number of hydrogen-bond donors (Lipinski definition) is 1. The third kappa shape index (κ3) is 5.30. The Morgan fingerprint density at radius 1 is 1.00 bits per heavy atom. The monoisotopic (exact) mass is 464 g/mol. The number of aromatic nitrogens is 5. The van der Waals surface area contributed by atoms with Crippen LogP contribution in [0.15, 0.2) is 43.2 Å². The fourth-order valence-electron chi connectivity index (χ4n) is 4.23. The summed E-state index contributed by atoms with van der Waals surface area (Å²) in [5, 5.41) is 12.4. The van der Waals surface area contributed by atoms with Crippen molar-refractivity contribution in [1.82, 2.24) is 29.4 Å². The van der Waals surface area contributed by atoms with Crippen molar-refractivity contribution in [3.63, 3.8) is 0 Å². The van der Waals surface area contributed by atoms with Gasteiger partial charge in [-0.25, -0.2) is 4.68 Å². The molecule has 34 heavy (non-hydrogen) atoms. The van der Waals surface area contributed by atoms with E-state index >= 15 is 0 Å². The predicted octanol–water partition coefficient (Wildman–Crippen LogP) is 2.21. The molecule has 2 aliphatic rings. The van der Waals surface area contributed by atoms with Crippen LogP contribution in [0, 0.1) is 6.92 Å². The molecular formula is C24H32N8O2. The molecule has 2 aliphatic heterocycles. The molecule has 2 fully saturated rings. The largest absolute Gasteiger partial charge is 0.379 e. The first-order chi connectivity index (χ1) is 16.7. The van der Waals surface area contributed by atoms with Gasteiger partial charge >= 0.3 is 0 Å². The van der Waals surface area contributed by atoms with Gasteiger partial charge in [-0.05, 0) is 31.2 Å². The number of anilines is 3. The van der Waals surface area contributed by atoms with Crippen LogP contribution in [-0.2, 0) is 16.0 Å². The maximum absolute atomic E-state index is 5.44. The van der Waals surface area contributed by atoms with Crippen LogP contribution in [0.5, 0.6) is 0 Å². The highest BCUT2D eigenvalue weighted by atomic mass is 16.5. The van der Waals surface area contributed by atoms with Gasteiger partial charge in [-0.2, -0.15) is 10.1 Å². The van der Waals surface area contributed by atoms with Gasteiger partial charge in [0.25, 0.3) is 0 Å². The molecule has 10 nitrogen and oxygen atoms in total. The Labute approximate surface area is 199 Å². The normalized spacial score (nSPS) is 17.1. The first-order valence-corrected chi connectivity index (χ1v) is 11.8. The van der Waals surface area contributed by atoms with E-state index in [0.717, 1.165) is 88.5 Å². The van der Waals surface area contributed by atoms with E-state index in [4.69, 9.17) is 9.47 Å². The molecule has 0 saturated carbocycles. The topological polar surface area (TPSA) is 85.5 Å². The molecule has 180 valence electrons. The average molecular weight is 465 g/mol. The second-order valence-electron chi connectivity index (χ2n) is 8.56. The number of aryl methyl sites for hydroxylation is 1. The van der Waals surface area contributed by atoms with Crippen LogP contribution in [-0.4, -0.2) is 88.6 Å². The standard InChI is InChI=1S/C24H32N8O2/c1-19(21-17-25-31(18-21)8-7-29-9-13-33-14-10-29)32-20(2)26-24(28-32)27-22-3-5-23(6-4-22)30-11-15-34-16-12-30/h3-6,17-18H,1,7-16H2,2H3,(H,27,28). The van der Waals surface area contributed by atoms with Crippen molar-refractivity contribution in [1.29, 1.82) is 0 Å². The average Bonchev–Trinajstić information content (AvgIpc) is 3.50. The van der Waals surface area contributed by atoms with Gasteiger partial charge < -0.3 is 19.7 Å². The summed E-state index contributed by atoms with van der Waals surface area (Å²) in [7, 11) is 0. The lowest BCUT2D eigenvalue weighted by Crippen LogP contribution is -2.38. The molecule has 4 heterocycles. The van der Waals surface area contributed by atoms with Gasteiger partial charge in [-0.1, -0.05) is 6.58 Å². The maximum atomic E-state index is 5.44. The van der Waals surface area contributed by atoms with Crippen LogP contribution in [0.4, 0.5) is 17.3 Å². The van der Waals surface area contributed by atoms with Crippen LogP contribution in [0.1, 0.15) is 11.4 Å². The van der Waals surface area contributed by atoms with E-state index in [2.05, 4.69) is 49.0 Å². The minimum atomic E-state index is 0.539. The molecule has 0 amide bonds. The number of hydrogen-bond acceptors (Lipinski definition) is 8. The molecule has 1 aromatic carbocycles. The molecule has 0 spiro atoms. The van der Waals surface area contributed by atoms with Crippen LogP contribution < -0.4 is 10.2 Å². The minimum absolute atomic E-state index is 0.539. The van der Waals surface area contributed by atoms with Crippen LogP contribution in [0.2, 0.25) is 0 Å². The Kier molecular flexibility index (Phi) is 6.89. The van der Waals surface area contributed by atoms with Gasteiger partial charge in [0.2, 0.25) is 5.95 Å². The van der Waals surface area contributed by atoms with E-state index in [-0.39, 0.29) is 0 Å². The number of rotatable bonds is 8. The highest BCUT2D eigenvalue weighted by molar-refractivity contribution is 5.64. The Morgan fingerprint density at radius 3 is 2.44 bits per heavy atom. The molecule has 0 unspecified atom stereocenters. The molecule has 3 aromatic rings. The van der Waals surface area contributed by atoms with E-state index in [1.165, 1.54) is 5.69 Å². The summed E-state index contributed by atoms with van der Waals surface area (Å²) in [5.74, 6) is 1.30. The number of nitrogens with one attached hydrogen (secondary N) is 1. The van der Waals surface area contributed by atoms with Crippen molar-refractivity contribution in [2.24, 2.45) is 0 Å². The van der Waals surface area contributed by atoms with E-state index in [9.17, 15) is 0 Å².